The van der Waals surface area contributed by atoms with Crippen LogP contribution in [0.25, 0.3) is 0 Å². The molecule has 1 aliphatic heterocycles. The molecular formula is C17H18N4O3. The van der Waals surface area contributed by atoms with Crippen LogP contribution in [-0.4, -0.2) is 30.5 Å². The Morgan fingerprint density at radius 1 is 1.12 bits per heavy atom. The van der Waals surface area contributed by atoms with Crippen LogP contribution in [0.5, 0.6) is 5.75 Å². The molecule has 1 heterocycles. The minimum absolute atomic E-state index is 0.213. The number of hydrazine groups is 2. The van der Waals surface area contributed by atoms with Crippen LogP contribution >= 0.6 is 0 Å². The van der Waals surface area contributed by atoms with Gasteiger partial charge in [0.1, 0.15) is 12.3 Å². The monoisotopic (exact) mass is 326 g/mol. The summed E-state index contributed by atoms with van der Waals surface area (Å²) in [5, 5.41) is 3.00. The van der Waals surface area contributed by atoms with E-state index in [0.29, 0.717) is 12.1 Å². The highest BCUT2D eigenvalue weighted by Crippen LogP contribution is 2.28. The number of methoxy groups -OCH3 is 1. The molecule has 7 nitrogen and oxygen atoms in total. The van der Waals surface area contributed by atoms with E-state index in [1.165, 1.54) is 5.01 Å². The lowest BCUT2D eigenvalue weighted by Crippen LogP contribution is -2.58. The molecule has 0 unspecified atom stereocenters. The summed E-state index contributed by atoms with van der Waals surface area (Å²) in [6.45, 7) is 0.235. The molecule has 0 radical (unpaired) electrons. The van der Waals surface area contributed by atoms with Crippen LogP contribution in [0, 0.1) is 0 Å². The zero-order chi connectivity index (χ0) is 17.1. The third-order valence-corrected chi connectivity index (χ3v) is 3.75. The van der Waals surface area contributed by atoms with Gasteiger partial charge in [0.25, 0.3) is 5.91 Å². The van der Waals surface area contributed by atoms with E-state index in [4.69, 9.17) is 10.5 Å². The van der Waals surface area contributed by atoms with Gasteiger partial charge >= 0.3 is 0 Å². The minimum Gasteiger partial charge on any atom is -0.496 e. The van der Waals surface area contributed by atoms with Gasteiger partial charge in [-0.25, -0.2) is 5.01 Å². The van der Waals surface area contributed by atoms with Crippen molar-refractivity contribution in [3.63, 3.8) is 0 Å². The second kappa shape index (κ2) is 6.59. The topological polar surface area (TPSA) is 87.9 Å². The lowest BCUT2D eigenvalue weighted by Gasteiger charge is -2.38. The standard InChI is InChI=1S/C17H18N4O3/c1-24-15-9-5-2-6-12(15)10-20-14-8-4-3-7-13(14)17(23)21(19-20)11-16(18)22/h2-9,19H,10-11H2,1H3,(H2,18,22). The summed E-state index contributed by atoms with van der Waals surface area (Å²) < 4.78 is 5.38. The highest BCUT2D eigenvalue weighted by atomic mass is 16.5. The van der Waals surface area contributed by atoms with E-state index in [-0.39, 0.29) is 12.5 Å². The van der Waals surface area contributed by atoms with Gasteiger partial charge in [0.15, 0.2) is 0 Å². The highest BCUT2D eigenvalue weighted by Gasteiger charge is 2.30. The molecule has 0 spiro atoms. The fourth-order valence-corrected chi connectivity index (χ4v) is 2.67. The van der Waals surface area contributed by atoms with Crippen LogP contribution in [0.4, 0.5) is 5.69 Å². The molecule has 3 rings (SSSR count). The fraction of sp³-hybridized carbons (Fsp3) is 0.176. The van der Waals surface area contributed by atoms with E-state index >= 15 is 0 Å². The molecule has 0 fully saturated rings. The zero-order valence-corrected chi connectivity index (χ0v) is 13.2. The van der Waals surface area contributed by atoms with E-state index in [1.54, 1.807) is 24.3 Å². The third-order valence-electron chi connectivity index (χ3n) is 3.75. The average molecular weight is 326 g/mol. The summed E-state index contributed by atoms with van der Waals surface area (Å²) in [5.41, 5.74) is 10.4. The molecule has 0 aliphatic carbocycles. The Balaban J connectivity index is 1.95. The van der Waals surface area contributed by atoms with E-state index < -0.39 is 5.91 Å². The summed E-state index contributed by atoms with van der Waals surface area (Å²) in [6, 6.07) is 14.8. The van der Waals surface area contributed by atoms with Crippen LogP contribution in [0.15, 0.2) is 48.5 Å². The SMILES string of the molecule is COc1ccccc1CN1NN(CC(N)=O)C(=O)c2ccccc21. The normalized spacial score (nSPS) is 13.6. The maximum absolute atomic E-state index is 12.5. The molecular weight excluding hydrogens is 308 g/mol. The molecule has 24 heavy (non-hydrogen) atoms. The fourth-order valence-electron chi connectivity index (χ4n) is 2.67. The quantitative estimate of drug-likeness (QED) is 0.858. The van der Waals surface area contributed by atoms with Crippen molar-refractivity contribution in [2.45, 2.75) is 6.54 Å². The van der Waals surface area contributed by atoms with E-state index in [9.17, 15) is 9.59 Å². The number of benzene rings is 2. The van der Waals surface area contributed by atoms with Gasteiger partial charge in [-0.15, -0.1) is 5.53 Å². The number of nitrogens with one attached hydrogen (secondary N) is 1. The molecule has 0 aromatic heterocycles. The van der Waals surface area contributed by atoms with Crippen molar-refractivity contribution < 1.29 is 14.3 Å². The summed E-state index contributed by atoms with van der Waals surface area (Å²) in [7, 11) is 1.61. The van der Waals surface area contributed by atoms with Gasteiger partial charge < -0.3 is 10.5 Å². The number of anilines is 1. The second-order valence-electron chi connectivity index (χ2n) is 5.37. The smallest absolute Gasteiger partial charge is 0.272 e. The number of amides is 2. The van der Waals surface area contributed by atoms with Gasteiger partial charge in [-0.3, -0.25) is 14.6 Å². The Morgan fingerprint density at radius 3 is 2.58 bits per heavy atom. The van der Waals surface area contributed by atoms with Crippen LogP contribution in [0.1, 0.15) is 15.9 Å². The first kappa shape index (κ1) is 15.8. The Labute approximate surface area is 139 Å². The van der Waals surface area contributed by atoms with Gasteiger partial charge in [-0.1, -0.05) is 30.3 Å². The second-order valence-corrected chi connectivity index (χ2v) is 5.37. The molecule has 124 valence electrons. The molecule has 0 bridgehead atoms. The molecule has 1 aliphatic rings. The van der Waals surface area contributed by atoms with Gasteiger partial charge in [0.05, 0.1) is 24.9 Å². The maximum atomic E-state index is 12.5. The van der Waals surface area contributed by atoms with Crippen molar-refractivity contribution >= 4 is 17.5 Å². The number of primary amides is 1. The lowest BCUT2D eigenvalue weighted by molar-refractivity contribution is -0.119. The predicted molar refractivity (Wildman–Crippen MR) is 89.0 cm³/mol. The summed E-state index contributed by atoms with van der Waals surface area (Å²) in [6.07, 6.45) is 0. The first-order chi connectivity index (χ1) is 11.6. The number of ether oxygens (including phenoxy) is 1. The van der Waals surface area contributed by atoms with Crippen molar-refractivity contribution in [2.75, 3.05) is 18.7 Å². The van der Waals surface area contributed by atoms with Crippen LogP contribution in [0.3, 0.4) is 0 Å². The van der Waals surface area contributed by atoms with Gasteiger partial charge in [-0.2, -0.15) is 0 Å². The van der Waals surface area contributed by atoms with Crippen LogP contribution in [-0.2, 0) is 11.3 Å². The van der Waals surface area contributed by atoms with Crippen molar-refractivity contribution in [3.8, 4) is 5.75 Å². The summed E-state index contributed by atoms with van der Waals surface area (Å²) in [5.74, 6) is -0.136. The highest BCUT2D eigenvalue weighted by molar-refractivity contribution is 6.02. The number of carbonyl (C=O) groups is 2. The molecule has 2 amide bonds. The molecule has 0 saturated carbocycles. The van der Waals surface area contributed by atoms with Gasteiger partial charge in [-0.05, 0) is 18.2 Å². The van der Waals surface area contributed by atoms with Crippen LogP contribution in [0.2, 0.25) is 0 Å². The molecule has 7 heteroatoms. The Bertz CT molecular complexity index is 778. The summed E-state index contributed by atoms with van der Waals surface area (Å²) >= 11 is 0. The Morgan fingerprint density at radius 2 is 1.83 bits per heavy atom. The maximum Gasteiger partial charge on any atom is 0.272 e. The number of carbonyl (C=O) groups excluding carboxylic acids is 2. The number of para-hydroxylation sites is 2. The van der Waals surface area contributed by atoms with Gasteiger partial charge in [0, 0.05) is 5.56 Å². The molecule has 2 aromatic carbocycles. The third kappa shape index (κ3) is 3.02. The average Bonchev–Trinajstić information content (AvgIpc) is 2.59. The van der Waals surface area contributed by atoms with Gasteiger partial charge in [0.2, 0.25) is 5.91 Å². The predicted octanol–water partition coefficient (Wildman–Crippen LogP) is 1.06. The largest absolute Gasteiger partial charge is 0.496 e. The number of fused-ring (bicyclic) bond motifs is 1. The van der Waals surface area contributed by atoms with Crippen molar-refractivity contribution in [3.05, 3.63) is 59.7 Å². The number of rotatable bonds is 5. The number of hydrogen-bond acceptors (Lipinski definition) is 5. The molecule has 0 atom stereocenters. The van der Waals surface area contributed by atoms with Crippen molar-refractivity contribution in [1.82, 2.24) is 10.5 Å². The molecule has 3 N–H and O–H groups in total. The number of hydrogen-bond donors (Lipinski definition) is 2. The molecule has 0 saturated heterocycles. The number of nitrogens with zero attached hydrogens (tertiary/aromatic N) is 2. The Hall–Kier alpha value is -3.06. The van der Waals surface area contributed by atoms with E-state index in [0.717, 1.165) is 17.0 Å². The summed E-state index contributed by atoms with van der Waals surface area (Å²) in [4.78, 5) is 23.7. The lowest BCUT2D eigenvalue weighted by atomic mass is 10.1. The van der Waals surface area contributed by atoms with E-state index in [2.05, 4.69) is 5.53 Å². The minimum atomic E-state index is -0.590. The molecule has 2 aromatic rings. The van der Waals surface area contributed by atoms with Crippen molar-refractivity contribution in [2.24, 2.45) is 5.73 Å². The number of nitrogens with two attached hydrogens (primary N) is 1. The Kier molecular flexibility index (Phi) is 4.35. The van der Waals surface area contributed by atoms with Crippen molar-refractivity contribution in [1.29, 1.82) is 0 Å². The first-order valence-electron chi connectivity index (χ1n) is 7.45. The van der Waals surface area contributed by atoms with Crippen LogP contribution < -0.4 is 21.0 Å². The van der Waals surface area contributed by atoms with E-state index in [1.807, 2.05) is 36.4 Å². The first-order valence-corrected chi connectivity index (χ1v) is 7.45. The zero-order valence-electron chi connectivity index (χ0n) is 13.2.